The topological polar surface area (TPSA) is 80.4 Å². The van der Waals surface area contributed by atoms with E-state index in [-0.39, 0.29) is 11.6 Å². The van der Waals surface area contributed by atoms with Crippen LogP contribution in [0.3, 0.4) is 0 Å². The van der Waals surface area contributed by atoms with Gasteiger partial charge in [0.25, 0.3) is 0 Å². The van der Waals surface area contributed by atoms with Crippen molar-refractivity contribution >= 4 is 9.84 Å². The molecule has 0 aliphatic heterocycles. The monoisotopic (exact) mass is 273 g/mol. The molecule has 18 heavy (non-hydrogen) atoms. The molecule has 1 aliphatic rings. The van der Waals surface area contributed by atoms with E-state index < -0.39 is 33.2 Å². The Morgan fingerprint density at radius 2 is 1.94 bits per heavy atom. The van der Waals surface area contributed by atoms with E-state index in [4.69, 9.17) is 5.73 Å². The number of hydrogen-bond donors (Lipinski definition) is 2. The Kier molecular flexibility index (Phi) is 3.21. The Labute approximate surface area is 106 Å². The van der Waals surface area contributed by atoms with E-state index in [9.17, 15) is 17.9 Å². The zero-order chi connectivity index (χ0) is 13.6. The fourth-order valence-corrected chi connectivity index (χ4v) is 4.48. The molecule has 2 rings (SSSR count). The average Bonchev–Trinajstić information content (AvgIpc) is 2.98. The summed E-state index contributed by atoms with van der Waals surface area (Å²) in [5.74, 6) is -0.872. The van der Waals surface area contributed by atoms with Gasteiger partial charge >= 0.3 is 0 Å². The fraction of sp³-hybridized carbons (Fsp3) is 0.500. The standard InChI is InChI=1S/C12H16FNO3S/c1-2-18(16,17)11-10(12(11,14)7-15)8-3-5-9(13)6-4-8/h3-6,10-11,15H,2,7,14H2,1H3. The van der Waals surface area contributed by atoms with Gasteiger partial charge in [0.05, 0.1) is 17.4 Å². The van der Waals surface area contributed by atoms with Gasteiger partial charge in [-0.2, -0.15) is 0 Å². The molecule has 3 N–H and O–H groups in total. The Balaban J connectivity index is 2.37. The molecule has 100 valence electrons. The summed E-state index contributed by atoms with van der Waals surface area (Å²) in [5.41, 5.74) is 5.45. The smallest absolute Gasteiger partial charge is 0.155 e. The van der Waals surface area contributed by atoms with Crippen molar-refractivity contribution in [2.75, 3.05) is 12.4 Å². The highest BCUT2D eigenvalue weighted by Gasteiger charge is 2.68. The largest absolute Gasteiger partial charge is 0.394 e. The molecule has 0 amide bonds. The molecule has 1 aromatic rings. The van der Waals surface area contributed by atoms with Crippen molar-refractivity contribution < 1.29 is 17.9 Å². The quantitative estimate of drug-likeness (QED) is 0.833. The van der Waals surface area contributed by atoms with Crippen molar-refractivity contribution in [3.05, 3.63) is 35.6 Å². The lowest BCUT2D eigenvalue weighted by molar-refractivity contribution is 0.253. The predicted octanol–water partition coefficient (Wildman–Crippen LogP) is 0.416. The van der Waals surface area contributed by atoms with Gasteiger partial charge in [0.2, 0.25) is 0 Å². The molecule has 0 bridgehead atoms. The van der Waals surface area contributed by atoms with Crippen molar-refractivity contribution in [1.82, 2.24) is 0 Å². The van der Waals surface area contributed by atoms with E-state index in [1.54, 1.807) is 6.92 Å². The van der Waals surface area contributed by atoms with E-state index in [1.807, 2.05) is 0 Å². The second-order valence-electron chi connectivity index (χ2n) is 4.67. The second-order valence-corrected chi connectivity index (χ2v) is 7.08. The van der Waals surface area contributed by atoms with E-state index in [1.165, 1.54) is 24.3 Å². The molecule has 3 atom stereocenters. The first-order valence-corrected chi connectivity index (χ1v) is 7.45. The number of rotatable bonds is 4. The predicted molar refractivity (Wildman–Crippen MR) is 66.4 cm³/mol. The van der Waals surface area contributed by atoms with Crippen LogP contribution < -0.4 is 5.73 Å². The van der Waals surface area contributed by atoms with Crippen LogP contribution in [0.1, 0.15) is 18.4 Å². The third-order valence-corrected chi connectivity index (χ3v) is 5.88. The molecular weight excluding hydrogens is 257 g/mol. The van der Waals surface area contributed by atoms with Crippen LogP contribution in [0, 0.1) is 5.82 Å². The van der Waals surface area contributed by atoms with Crippen LogP contribution in [0.4, 0.5) is 4.39 Å². The molecule has 3 unspecified atom stereocenters. The minimum atomic E-state index is -3.33. The molecule has 1 aromatic carbocycles. The summed E-state index contributed by atoms with van der Waals surface area (Å²) in [4.78, 5) is 0. The molecule has 1 fully saturated rings. The maximum absolute atomic E-state index is 12.8. The van der Waals surface area contributed by atoms with E-state index in [0.717, 1.165) is 0 Å². The molecule has 1 saturated carbocycles. The molecule has 0 aromatic heterocycles. The van der Waals surface area contributed by atoms with Gasteiger partial charge in [0, 0.05) is 11.7 Å². The Morgan fingerprint density at radius 1 is 1.39 bits per heavy atom. The van der Waals surface area contributed by atoms with Crippen LogP contribution in [0.15, 0.2) is 24.3 Å². The van der Waals surface area contributed by atoms with Gasteiger partial charge in [-0.15, -0.1) is 0 Å². The molecule has 0 heterocycles. The van der Waals surface area contributed by atoms with Crippen LogP contribution in [0.2, 0.25) is 0 Å². The Bertz CT molecular complexity index is 543. The summed E-state index contributed by atoms with van der Waals surface area (Å²) >= 11 is 0. The number of aliphatic hydroxyl groups excluding tert-OH is 1. The van der Waals surface area contributed by atoms with Gasteiger partial charge in [0.15, 0.2) is 9.84 Å². The number of hydrogen-bond acceptors (Lipinski definition) is 4. The van der Waals surface area contributed by atoms with Gasteiger partial charge in [-0.25, -0.2) is 12.8 Å². The minimum Gasteiger partial charge on any atom is -0.394 e. The summed E-state index contributed by atoms with van der Waals surface area (Å²) in [7, 11) is -3.33. The second kappa shape index (κ2) is 4.29. The summed E-state index contributed by atoms with van der Waals surface area (Å²) in [5, 5.41) is 8.53. The first-order chi connectivity index (χ1) is 8.36. The van der Waals surface area contributed by atoms with Crippen molar-refractivity contribution in [3.63, 3.8) is 0 Å². The lowest BCUT2D eigenvalue weighted by Gasteiger charge is -2.07. The van der Waals surface area contributed by atoms with Gasteiger partial charge in [0.1, 0.15) is 5.82 Å². The minimum absolute atomic E-state index is 0.0195. The normalized spacial score (nSPS) is 31.3. The van der Waals surface area contributed by atoms with Crippen LogP contribution >= 0.6 is 0 Å². The zero-order valence-corrected chi connectivity index (χ0v) is 10.8. The maximum atomic E-state index is 12.8. The molecular formula is C12H16FNO3S. The third-order valence-electron chi connectivity index (χ3n) is 3.59. The molecule has 0 saturated heterocycles. The molecule has 6 heteroatoms. The van der Waals surface area contributed by atoms with Crippen molar-refractivity contribution in [1.29, 1.82) is 0 Å². The van der Waals surface area contributed by atoms with Crippen molar-refractivity contribution in [2.24, 2.45) is 5.73 Å². The first kappa shape index (κ1) is 13.5. The number of aliphatic hydroxyl groups is 1. The summed E-state index contributed by atoms with van der Waals surface area (Å²) in [6, 6.07) is 5.56. The number of nitrogens with two attached hydrogens (primary N) is 1. The molecule has 0 spiro atoms. The van der Waals surface area contributed by atoms with E-state index in [2.05, 4.69) is 0 Å². The summed E-state index contributed by atoms with van der Waals surface area (Å²) in [6.07, 6.45) is 0. The first-order valence-electron chi connectivity index (χ1n) is 5.73. The van der Waals surface area contributed by atoms with Crippen LogP contribution in [-0.2, 0) is 9.84 Å². The van der Waals surface area contributed by atoms with E-state index in [0.29, 0.717) is 5.56 Å². The Morgan fingerprint density at radius 3 is 2.39 bits per heavy atom. The fourth-order valence-electron chi connectivity index (χ4n) is 2.49. The maximum Gasteiger partial charge on any atom is 0.155 e. The SMILES string of the molecule is CCS(=O)(=O)C1C(c2ccc(F)cc2)C1(N)CO. The summed E-state index contributed by atoms with van der Waals surface area (Å²) in [6.45, 7) is 1.14. The van der Waals surface area contributed by atoms with Crippen LogP contribution in [-0.4, -0.2) is 36.7 Å². The highest BCUT2D eigenvalue weighted by atomic mass is 32.2. The molecule has 4 nitrogen and oxygen atoms in total. The van der Waals surface area contributed by atoms with Crippen molar-refractivity contribution in [2.45, 2.75) is 23.6 Å². The lowest BCUT2D eigenvalue weighted by Crippen LogP contribution is -2.35. The van der Waals surface area contributed by atoms with Crippen LogP contribution in [0.5, 0.6) is 0 Å². The Hall–Kier alpha value is -0.980. The van der Waals surface area contributed by atoms with Crippen molar-refractivity contribution in [3.8, 4) is 0 Å². The third kappa shape index (κ3) is 1.94. The number of benzene rings is 1. The van der Waals surface area contributed by atoms with Gasteiger partial charge in [-0.3, -0.25) is 0 Å². The average molecular weight is 273 g/mol. The molecule has 0 radical (unpaired) electrons. The lowest BCUT2D eigenvalue weighted by atomic mass is 10.1. The summed E-state index contributed by atoms with van der Waals surface area (Å²) < 4.78 is 36.7. The number of halogens is 1. The molecule has 1 aliphatic carbocycles. The highest BCUT2D eigenvalue weighted by molar-refractivity contribution is 7.92. The van der Waals surface area contributed by atoms with Gasteiger partial charge in [-0.1, -0.05) is 19.1 Å². The van der Waals surface area contributed by atoms with Crippen LogP contribution in [0.25, 0.3) is 0 Å². The van der Waals surface area contributed by atoms with Gasteiger partial charge in [-0.05, 0) is 17.7 Å². The highest BCUT2D eigenvalue weighted by Crippen LogP contribution is 2.53. The van der Waals surface area contributed by atoms with E-state index >= 15 is 0 Å². The number of sulfone groups is 1. The van der Waals surface area contributed by atoms with Gasteiger partial charge < -0.3 is 10.8 Å². The zero-order valence-electron chi connectivity index (χ0n) is 10.0.